The summed E-state index contributed by atoms with van der Waals surface area (Å²) in [5.41, 5.74) is -3.49. The molecule has 31 heavy (non-hydrogen) atoms. The molecule has 1 atom stereocenters. The Morgan fingerprint density at radius 3 is 2.52 bits per heavy atom. The number of rotatable bonds is 4. The van der Waals surface area contributed by atoms with Crippen LogP contribution in [0.4, 0.5) is 22.0 Å². The molecule has 2 N–H and O–H groups in total. The van der Waals surface area contributed by atoms with Crippen molar-refractivity contribution in [3.05, 3.63) is 63.1 Å². The molecule has 168 valence electrons. The molecule has 1 aromatic carbocycles. The van der Waals surface area contributed by atoms with Crippen molar-refractivity contribution in [2.45, 2.75) is 49.7 Å². The van der Waals surface area contributed by atoms with Gasteiger partial charge in [-0.25, -0.2) is 13.8 Å². The monoisotopic (exact) mass is 482 g/mol. The second-order valence-electron chi connectivity index (χ2n) is 7.39. The molecule has 1 aromatic heterocycles. The minimum atomic E-state index is -4.77. The molecule has 0 radical (unpaired) electrons. The molecule has 0 saturated heterocycles. The molecule has 1 aliphatic carbocycles. The zero-order chi connectivity index (χ0) is 23.0. The molecular formula is C20H17Cl2F5N2O2. The SMILES string of the molecule is O=C(NC(c1cccc(F)c1Cl)[C@]1(O)CC[C@@H](F)CC1)c1cc(C(F)(F)F)cnc1Cl. The maximum absolute atomic E-state index is 14.1. The van der Waals surface area contributed by atoms with Crippen LogP contribution < -0.4 is 5.32 Å². The van der Waals surface area contributed by atoms with E-state index in [9.17, 15) is 31.9 Å². The fourth-order valence-electron chi connectivity index (χ4n) is 3.59. The summed E-state index contributed by atoms with van der Waals surface area (Å²) in [4.78, 5) is 16.3. The summed E-state index contributed by atoms with van der Waals surface area (Å²) in [7, 11) is 0. The number of halogens is 7. The van der Waals surface area contributed by atoms with Gasteiger partial charge in [0, 0.05) is 6.20 Å². The van der Waals surface area contributed by atoms with Crippen LogP contribution in [0.15, 0.2) is 30.5 Å². The summed E-state index contributed by atoms with van der Waals surface area (Å²) in [6, 6.07) is 2.93. The molecule has 2 aromatic rings. The Hall–Kier alpha value is -1.97. The molecule has 1 aliphatic rings. The number of pyridine rings is 1. The summed E-state index contributed by atoms with van der Waals surface area (Å²) < 4.78 is 66.8. The number of carbonyl (C=O) groups excluding carboxylic acids is 1. The van der Waals surface area contributed by atoms with Crippen LogP contribution >= 0.6 is 23.2 Å². The first-order chi connectivity index (χ1) is 14.4. The van der Waals surface area contributed by atoms with Crippen molar-refractivity contribution in [1.82, 2.24) is 10.3 Å². The molecule has 0 aliphatic heterocycles. The third-order valence-electron chi connectivity index (χ3n) is 5.30. The Kier molecular flexibility index (Phi) is 6.78. The maximum atomic E-state index is 14.1. The zero-order valence-corrected chi connectivity index (χ0v) is 17.3. The average Bonchev–Trinajstić information content (AvgIpc) is 2.70. The quantitative estimate of drug-likeness (QED) is 0.436. The highest BCUT2D eigenvalue weighted by atomic mass is 35.5. The van der Waals surface area contributed by atoms with E-state index in [2.05, 4.69) is 10.3 Å². The van der Waals surface area contributed by atoms with Crippen LogP contribution in [0.5, 0.6) is 0 Å². The lowest BCUT2D eigenvalue weighted by atomic mass is 9.76. The first-order valence-electron chi connectivity index (χ1n) is 9.26. The second-order valence-corrected chi connectivity index (χ2v) is 8.12. The Labute approximate surface area is 184 Å². The van der Waals surface area contributed by atoms with E-state index in [4.69, 9.17) is 23.2 Å². The van der Waals surface area contributed by atoms with Gasteiger partial charge >= 0.3 is 6.18 Å². The van der Waals surface area contributed by atoms with Crippen molar-refractivity contribution >= 4 is 29.1 Å². The minimum absolute atomic E-state index is 0.00545. The van der Waals surface area contributed by atoms with E-state index >= 15 is 0 Å². The van der Waals surface area contributed by atoms with Gasteiger partial charge in [0.2, 0.25) is 0 Å². The van der Waals surface area contributed by atoms with E-state index in [1.54, 1.807) is 0 Å². The van der Waals surface area contributed by atoms with Gasteiger partial charge in [-0.15, -0.1) is 0 Å². The molecule has 11 heteroatoms. The largest absolute Gasteiger partial charge is 0.417 e. The number of hydrogen-bond donors (Lipinski definition) is 2. The average molecular weight is 483 g/mol. The molecular weight excluding hydrogens is 466 g/mol. The summed E-state index contributed by atoms with van der Waals surface area (Å²) in [5, 5.41) is 12.7. The van der Waals surface area contributed by atoms with E-state index < -0.39 is 52.0 Å². The van der Waals surface area contributed by atoms with Crippen LogP contribution in [0.25, 0.3) is 0 Å². The highest BCUT2D eigenvalue weighted by Gasteiger charge is 2.43. The van der Waals surface area contributed by atoms with E-state index in [-0.39, 0.29) is 36.3 Å². The van der Waals surface area contributed by atoms with E-state index in [0.29, 0.717) is 12.3 Å². The van der Waals surface area contributed by atoms with Crippen LogP contribution in [0, 0.1) is 5.82 Å². The summed E-state index contributed by atoms with van der Waals surface area (Å²) in [5.74, 6) is -1.90. The lowest BCUT2D eigenvalue weighted by Gasteiger charge is -2.41. The van der Waals surface area contributed by atoms with Crippen molar-refractivity contribution in [1.29, 1.82) is 0 Å². The summed E-state index contributed by atoms with van der Waals surface area (Å²) in [6.45, 7) is 0. The minimum Gasteiger partial charge on any atom is -0.387 e. The summed E-state index contributed by atoms with van der Waals surface area (Å²) >= 11 is 11.9. The Morgan fingerprint density at radius 1 is 1.26 bits per heavy atom. The van der Waals surface area contributed by atoms with Crippen LogP contribution in [-0.4, -0.2) is 27.8 Å². The normalized spacial score (nSPS) is 22.8. The molecule has 1 amide bonds. The van der Waals surface area contributed by atoms with E-state index in [1.807, 2.05) is 0 Å². The van der Waals surface area contributed by atoms with Crippen molar-refractivity contribution < 1.29 is 31.9 Å². The van der Waals surface area contributed by atoms with Crippen molar-refractivity contribution in [3.63, 3.8) is 0 Å². The molecule has 1 saturated carbocycles. The van der Waals surface area contributed by atoms with Crippen LogP contribution in [0.1, 0.15) is 53.2 Å². The Balaban J connectivity index is 2.01. The van der Waals surface area contributed by atoms with Gasteiger partial charge in [-0.3, -0.25) is 4.79 Å². The molecule has 1 fully saturated rings. The fourth-order valence-corrected chi connectivity index (χ4v) is 4.01. The standard InChI is InChI=1S/C20H17Cl2F5N2O2/c21-15-12(2-1-3-14(15)24)16(19(31)6-4-11(23)5-7-19)29-18(30)13-8-10(20(25,26)27)9-28-17(13)22/h1-3,8-9,11,16,31H,4-7H2,(H,29,30)/t11-,16?,19+. The van der Waals surface area contributed by atoms with Gasteiger partial charge in [-0.2, -0.15) is 13.2 Å². The fraction of sp³-hybridized carbons (Fsp3) is 0.400. The number of nitrogens with one attached hydrogen (secondary N) is 1. The van der Waals surface area contributed by atoms with Gasteiger partial charge in [0.1, 0.15) is 17.1 Å². The zero-order valence-electron chi connectivity index (χ0n) is 15.8. The van der Waals surface area contributed by atoms with Crippen LogP contribution in [0.2, 0.25) is 10.2 Å². The van der Waals surface area contributed by atoms with Crippen molar-refractivity contribution in [2.75, 3.05) is 0 Å². The van der Waals surface area contributed by atoms with Gasteiger partial charge in [0.05, 0.1) is 27.8 Å². The molecule has 1 heterocycles. The van der Waals surface area contributed by atoms with Gasteiger partial charge in [-0.05, 0) is 43.4 Å². The number of carbonyl (C=O) groups is 1. The number of hydrogen-bond acceptors (Lipinski definition) is 3. The third-order valence-corrected chi connectivity index (χ3v) is 6.00. The van der Waals surface area contributed by atoms with E-state index in [0.717, 1.165) is 6.07 Å². The molecule has 3 rings (SSSR count). The van der Waals surface area contributed by atoms with Gasteiger partial charge in [0.25, 0.3) is 5.91 Å². The molecule has 0 spiro atoms. The maximum Gasteiger partial charge on any atom is 0.417 e. The van der Waals surface area contributed by atoms with Gasteiger partial charge in [0.15, 0.2) is 0 Å². The predicted octanol–water partition coefficient (Wildman–Crippen LogP) is 5.66. The van der Waals surface area contributed by atoms with Crippen molar-refractivity contribution in [3.8, 4) is 0 Å². The lowest BCUT2D eigenvalue weighted by molar-refractivity contribution is -0.137. The Bertz CT molecular complexity index is 979. The Morgan fingerprint density at radius 2 is 1.90 bits per heavy atom. The third kappa shape index (κ3) is 5.10. The first kappa shape index (κ1) is 23.7. The van der Waals surface area contributed by atoms with E-state index in [1.165, 1.54) is 12.1 Å². The number of benzene rings is 1. The number of nitrogens with zero attached hydrogens (tertiary/aromatic N) is 1. The van der Waals surface area contributed by atoms with Crippen molar-refractivity contribution in [2.24, 2.45) is 0 Å². The predicted molar refractivity (Wildman–Crippen MR) is 104 cm³/mol. The smallest absolute Gasteiger partial charge is 0.387 e. The van der Waals surface area contributed by atoms with Crippen LogP contribution in [-0.2, 0) is 6.18 Å². The number of amides is 1. The molecule has 1 unspecified atom stereocenters. The highest BCUT2D eigenvalue weighted by molar-refractivity contribution is 6.33. The second kappa shape index (κ2) is 8.88. The lowest BCUT2D eigenvalue weighted by Crippen LogP contribution is -2.48. The van der Waals surface area contributed by atoms with Gasteiger partial charge in [-0.1, -0.05) is 35.3 Å². The van der Waals surface area contributed by atoms with Gasteiger partial charge < -0.3 is 10.4 Å². The number of aliphatic hydroxyl groups is 1. The first-order valence-corrected chi connectivity index (χ1v) is 10.0. The number of alkyl halides is 4. The molecule has 0 bridgehead atoms. The molecule has 4 nitrogen and oxygen atoms in total. The topological polar surface area (TPSA) is 62.2 Å². The summed E-state index contributed by atoms with van der Waals surface area (Å²) in [6.07, 6.45) is -5.63. The highest BCUT2D eigenvalue weighted by Crippen LogP contribution is 2.42. The van der Waals surface area contributed by atoms with Crippen LogP contribution in [0.3, 0.4) is 0 Å². The number of aromatic nitrogens is 1.